The molecule has 47 heavy (non-hydrogen) atoms. The van der Waals surface area contributed by atoms with Crippen molar-refractivity contribution < 1.29 is 19.1 Å². The smallest absolute Gasteiger partial charge is 0.414 e. The van der Waals surface area contributed by atoms with Gasteiger partial charge in [0.05, 0.1) is 12.3 Å². The standard InChI is InChI=1S/C20H18N2O2.C19H18BrNO2/c1-21-17-8-10-19-16(12-17)11-15-7-9-18(15)22(19)20(23)24-13-14-5-3-2-4-6-14;20-16-7-9-18-15(11-16)10-14-6-8-17(14)21(18)19(22)23-12-13-4-2-1-3-5-13/h2-6,8,10,12,15,18H,7,9,11,13H2;1-5,7,9,11,14,17H,6,8,10,12H2. The zero-order valence-corrected chi connectivity index (χ0v) is 27.6. The molecule has 2 fully saturated rings. The maximum Gasteiger partial charge on any atom is 0.414 e. The van der Waals surface area contributed by atoms with Crippen LogP contribution in [0.3, 0.4) is 0 Å². The minimum absolute atomic E-state index is 0.230. The summed E-state index contributed by atoms with van der Waals surface area (Å²) in [5.41, 5.74) is 6.85. The van der Waals surface area contributed by atoms with Gasteiger partial charge in [-0.2, -0.15) is 0 Å². The number of benzene rings is 4. The minimum atomic E-state index is -0.287. The van der Waals surface area contributed by atoms with Gasteiger partial charge in [-0.25, -0.2) is 14.4 Å². The topological polar surface area (TPSA) is 63.4 Å². The number of carbonyl (C=O) groups excluding carboxylic acids is 2. The normalized spacial score (nSPS) is 21.4. The highest BCUT2D eigenvalue weighted by Gasteiger charge is 2.45. The van der Waals surface area contributed by atoms with Gasteiger partial charge in [0.1, 0.15) is 13.2 Å². The van der Waals surface area contributed by atoms with Crippen LogP contribution in [-0.2, 0) is 35.5 Å². The highest BCUT2D eigenvalue weighted by molar-refractivity contribution is 9.10. The second kappa shape index (κ2) is 13.6. The van der Waals surface area contributed by atoms with Crippen molar-refractivity contribution in [3.63, 3.8) is 0 Å². The molecule has 0 radical (unpaired) electrons. The van der Waals surface area contributed by atoms with Crippen molar-refractivity contribution in [2.45, 2.75) is 63.8 Å². The van der Waals surface area contributed by atoms with Gasteiger partial charge in [0.2, 0.25) is 0 Å². The van der Waals surface area contributed by atoms with E-state index in [1.807, 2.05) is 94.7 Å². The van der Waals surface area contributed by atoms with E-state index in [2.05, 4.69) is 26.8 Å². The molecule has 2 saturated carbocycles. The zero-order chi connectivity index (χ0) is 32.3. The fourth-order valence-corrected chi connectivity index (χ4v) is 7.63. The van der Waals surface area contributed by atoms with Gasteiger partial charge in [0.25, 0.3) is 0 Å². The van der Waals surface area contributed by atoms with Crippen LogP contribution < -0.4 is 9.80 Å². The van der Waals surface area contributed by atoms with Crippen molar-refractivity contribution in [3.8, 4) is 0 Å². The molecule has 238 valence electrons. The fourth-order valence-electron chi connectivity index (χ4n) is 7.22. The summed E-state index contributed by atoms with van der Waals surface area (Å²) in [4.78, 5) is 32.6. The summed E-state index contributed by atoms with van der Waals surface area (Å²) in [6.07, 6.45) is 5.91. The third-order valence-corrected chi connectivity index (χ3v) is 10.4. The number of anilines is 2. The van der Waals surface area contributed by atoms with Crippen molar-refractivity contribution in [1.29, 1.82) is 0 Å². The van der Waals surface area contributed by atoms with E-state index in [0.29, 0.717) is 30.2 Å². The van der Waals surface area contributed by atoms with Gasteiger partial charge in [0.15, 0.2) is 5.69 Å². The van der Waals surface area contributed by atoms with E-state index in [1.54, 1.807) is 6.07 Å². The van der Waals surface area contributed by atoms with Crippen LogP contribution in [0.1, 0.15) is 47.9 Å². The molecule has 4 aromatic rings. The molecule has 8 rings (SSSR count). The SMILES string of the molecule is O=C(OCc1ccccc1)N1c2ccc(Br)cc2CC2CCC21.[C-]#[N+]c1ccc2c(c1)CC1CCC1N2C(=O)OCc1ccccc1. The number of nitrogens with zero attached hydrogens (tertiary/aromatic N) is 3. The first-order valence-corrected chi connectivity index (χ1v) is 17.1. The van der Waals surface area contributed by atoms with Crippen LogP contribution in [0.4, 0.5) is 26.7 Å². The van der Waals surface area contributed by atoms with Gasteiger partial charge >= 0.3 is 12.2 Å². The average Bonchev–Trinajstić information content (AvgIpc) is 3.08. The van der Waals surface area contributed by atoms with E-state index in [-0.39, 0.29) is 24.8 Å². The molecule has 2 aliphatic heterocycles. The van der Waals surface area contributed by atoms with E-state index in [0.717, 1.165) is 64.6 Å². The molecule has 0 N–H and O–H groups in total. The molecule has 0 saturated heterocycles. The van der Waals surface area contributed by atoms with Crippen molar-refractivity contribution in [1.82, 2.24) is 0 Å². The van der Waals surface area contributed by atoms with Crippen LogP contribution >= 0.6 is 15.9 Å². The van der Waals surface area contributed by atoms with Gasteiger partial charge in [-0.1, -0.05) is 88.7 Å². The van der Waals surface area contributed by atoms with E-state index in [1.165, 1.54) is 12.0 Å². The van der Waals surface area contributed by atoms with Crippen molar-refractivity contribution in [2.75, 3.05) is 9.80 Å². The zero-order valence-electron chi connectivity index (χ0n) is 26.1. The van der Waals surface area contributed by atoms with Gasteiger partial charge < -0.3 is 9.47 Å². The first-order chi connectivity index (χ1) is 23.0. The number of rotatable bonds is 4. The molecule has 2 heterocycles. The number of ether oxygens (including phenoxy) is 2. The molecule has 4 unspecified atom stereocenters. The van der Waals surface area contributed by atoms with Crippen LogP contribution in [-0.4, -0.2) is 24.3 Å². The molecule has 4 aromatic carbocycles. The summed E-state index contributed by atoms with van der Waals surface area (Å²) in [5.74, 6) is 1.06. The number of carbonyl (C=O) groups is 2. The lowest BCUT2D eigenvalue weighted by molar-refractivity contribution is 0.129. The molecular formula is C39H36BrN3O4. The largest absolute Gasteiger partial charge is 0.444 e. The molecule has 4 aliphatic rings. The van der Waals surface area contributed by atoms with E-state index < -0.39 is 0 Å². The Morgan fingerprint density at radius 3 is 1.64 bits per heavy atom. The second-order valence-electron chi connectivity index (χ2n) is 12.7. The first-order valence-electron chi connectivity index (χ1n) is 16.3. The maximum absolute atomic E-state index is 12.7. The quantitative estimate of drug-likeness (QED) is 0.200. The monoisotopic (exact) mass is 689 g/mol. The number of fused-ring (bicyclic) bond motifs is 4. The summed E-state index contributed by atoms with van der Waals surface area (Å²) in [5, 5.41) is 0. The predicted molar refractivity (Wildman–Crippen MR) is 185 cm³/mol. The lowest BCUT2D eigenvalue weighted by Crippen LogP contribution is -2.54. The van der Waals surface area contributed by atoms with Crippen molar-refractivity contribution >= 4 is 45.2 Å². The summed E-state index contributed by atoms with van der Waals surface area (Å²) in [6.45, 7) is 7.78. The highest BCUT2D eigenvalue weighted by atomic mass is 79.9. The lowest BCUT2D eigenvalue weighted by atomic mass is 9.72. The third kappa shape index (κ3) is 6.50. The Kier molecular flexibility index (Phi) is 8.99. The first kappa shape index (κ1) is 31.0. The van der Waals surface area contributed by atoms with Crippen molar-refractivity contribution in [3.05, 3.63) is 135 Å². The van der Waals surface area contributed by atoms with Crippen LogP contribution in [0.15, 0.2) is 102 Å². The van der Waals surface area contributed by atoms with Gasteiger partial charge in [-0.3, -0.25) is 9.80 Å². The number of hydrogen-bond donors (Lipinski definition) is 0. The molecule has 0 aromatic heterocycles. The number of hydrogen-bond acceptors (Lipinski definition) is 4. The maximum atomic E-state index is 12.7. The van der Waals surface area contributed by atoms with E-state index >= 15 is 0 Å². The molecule has 2 aliphatic carbocycles. The molecule has 8 heteroatoms. The molecule has 0 spiro atoms. The number of halogens is 1. The van der Waals surface area contributed by atoms with E-state index in [9.17, 15) is 9.59 Å². The summed E-state index contributed by atoms with van der Waals surface area (Å²) in [7, 11) is 0. The Bertz CT molecular complexity index is 1810. The molecule has 2 amide bonds. The predicted octanol–water partition coefficient (Wildman–Crippen LogP) is 9.64. The third-order valence-electron chi connectivity index (χ3n) is 9.94. The van der Waals surface area contributed by atoms with Crippen LogP contribution in [0.25, 0.3) is 4.85 Å². The fraction of sp³-hybridized carbons (Fsp3) is 0.308. The Hall–Kier alpha value is -4.61. The summed E-state index contributed by atoms with van der Waals surface area (Å²) >= 11 is 3.53. The Morgan fingerprint density at radius 1 is 0.681 bits per heavy atom. The Morgan fingerprint density at radius 2 is 1.17 bits per heavy atom. The summed E-state index contributed by atoms with van der Waals surface area (Å²) in [6, 6.07) is 31.8. The summed E-state index contributed by atoms with van der Waals surface area (Å²) < 4.78 is 12.2. The number of amides is 2. The van der Waals surface area contributed by atoms with Gasteiger partial charge in [0, 0.05) is 22.2 Å². The average molecular weight is 691 g/mol. The van der Waals surface area contributed by atoms with Crippen LogP contribution in [0, 0.1) is 18.4 Å². The minimum Gasteiger partial charge on any atom is -0.444 e. The molecule has 4 atom stereocenters. The van der Waals surface area contributed by atoms with Crippen LogP contribution in [0.2, 0.25) is 0 Å². The van der Waals surface area contributed by atoms with Gasteiger partial charge in [-0.05, 0) is 96.9 Å². The van der Waals surface area contributed by atoms with E-state index in [4.69, 9.17) is 16.0 Å². The molecular weight excluding hydrogens is 654 g/mol. The van der Waals surface area contributed by atoms with Crippen molar-refractivity contribution in [2.24, 2.45) is 11.8 Å². The Balaban J connectivity index is 0.000000150. The van der Waals surface area contributed by atoms with Gasteiger partial charge in [-0.15, -0.1) is 0 Å². The second-order valence-corrected chi connectivity index (χ2v) is 13.7. The highest BCUT2D eigenvalue weighted by Crippen LogP contribution is 2.46. The molecule has 0 bridgehead atoms. The lowest BCUT2D eigenvalue weighted by Gasteiger charge is -2.48. The van der Waals surface area contributed by atoms with Crippen LogP contribution in [0.5, 0.6) is 0 Å². The molecule has 7 nitrogen and oxygen atoms in total. The Labute approximate surface area is 284 Å².